The Hall–Kier alpha value is -1.94. The summed E-state index contributed by atoms with van der Waals surface area (Å²) >= 11 is 6.05. The molecule has 2 aromatic carbocycles. The molecule has 0 aliphatic carbocycles. The first-order valence-corrected chi connectivity index (χ1v) is 12.8. The fraction of sp³-hybridized carbons (Fsp3) is 0.350. The summed E-state index contributed by atoms with van der Waals surface area (Å²) in [6.07, 6.45) is 0.0953. The lowest BCUT2D eigenvalue weighted by Crippen LogP contribution is -2.30. The molecule has 0 saturated heterocycles. The van der Waals surface area contributed by atoms with Crippen LogP contribution in [0.4, 0.5) is 0 Å². The number of benzene rings is 2. The summed E-state index contributed by atoms with van der Waals surface area (Å²) in [5.41, 5.74) is -0.0872. The van der Waals surface area contributed by atoms with Crippen LogP contribution in [0.2, 0.25) is 5.02 Å². The van der Waals surface area contributed by atoms with E-state index in [9.17, 15) is 21.6 Å². The van der Waals surface area contributed by atoms with E-state index < -0.39 is 25.8 Å². The second kappa shape index (κ2) is 10.4. The van der Waals surface area contributed by atoms with Crippen LogP contribution in [0.25, 0.3) is 0 Å². The van der Waals surface area contributed by atoms with E-state index >= 15 is 0 Å². The van der Waals surface area contributed by atoms with Gasteiger partial charge in [0.15, 0.2) is 9.84 Å². The molecule has 0 heterocycles. The van der Waals surface area contributed by atoms with Crippen LogP contribution in [0.15, 0.2) is 58.3 Å². The van der Waals surface area contributed by atoms with Crippen LogP contribution in [-0.2, 0) is 24.6 Å². The van der Waals surface area contributed by atoms with Gasteiger partial charge in [-0.3, -0.25) is 0 Å². The van der Waals surface area contributed by atoms with Gasteiger partial charge >= 0.3 is 5.97 Å². The van der Waals surface area contributed by atoms with Gasteiger partial charge < -0.3 is 4.74 Å². The average Bonchev–Trinajstić information content (AvgIpc) is 2.72. The van der Waals surface area contributed by atoms with Crippen molar-refractivity contribution in [3.63, 3.8) is 0 Å². The number of nitrogens with zero attached hydrogens (tertiary/aromatic N) is 1. The summed E-state index contributed by atoms with van der Waals surface area (Å²) < 4.78 is 56.2. The number of halogens is 1. The summed E-state index contributed by atoms with van der Waals surface area (Å²) in [4.78, 5) is 12.5. The van der Waals surface area contributed by atoms with Crippen molar-refractivity contribution >= 4 is 37.4 Å². The Kier molecular flexibility index (Phi) is 8.42. The topological polar surface area (TPSA) is 97.8 Å². The molecule has 0 bridgehead atoms. The number of ether oxygens (including phenoxy) is 1. The van der Waals surface area contributed by atoms with E-state index in [1.54, 1.807) is 32.0 Å². The van der Waals surface area contributed by atoms with Gasteiger partial charge in [0.05, 0.1) is 32.7 Å². The molecule has 10 heteroatoms. The second-order valence-electron chi connectivity index (χ2n) is 6.35. The molecule has 0 aromatic heterocycles. The van der Waals surface area contributed by atoms with Crippen LogP contribution in [0, 0.1) is 0 Å². The third-order valence-corrected chi connectivity index (χ3v) is 8.59. The first-order valence-electron chi connectivity index (χ1n) is 9.38. The number of rotatable bonds is 10. The van der Waals surface area contributed by atoms with E-state index in [1.807, 2.05) is 0 Å². The maximum Gasteiger partial charge on any atom is 0.339 e. The highest BCUT2D eigenvalue weighted by molar-refractivity contribution is 7.91. The van der Waals surface area contributed by atoms with Crippen molar-refractivity contribution < 1.29 is 26.4 Å². The zero-order chi connectivity index (χ0) is 22.4. The van der Waals surface area contributed by atoms with Crippen LogP contribution >= 0.6 is 11.6 Å². The fourth-order valence-electron chi connectivity index (χ4n) is 2.77. The Labute approximate surface area is 182 Å². The summed E-state index contributed by atoms with van der Waals surface area (Å²) in [5.74, 6) is -0.997. The molecule has 0 fully saturated rings. The molecule has 0 N–H and O–H groups in total. The molecule has 0 saturated carbocycles. The van der Waals surface area contributed by atoms with Crippen LogP contribution < -0.4 is 0 Å². The zero-order valence-corrected chi connectivity index (χ0v) is 19.1. The minimum atomic E-state index is -3.76. The minimum Gasteiger partial charge on any atom is -0.462 e. The summed E-state index contributed by atoms with van der Waals surface area (Å²) in [7, 11) is -7.24. The standard InChI is InChI=1S/C20H24ClNO6S2/c1-3-22(4-2)30(26,27)17-11-12-19(21)18(15-17)20(23)28-13-8-14-29(24,25)16-9-6-5-7-10-16/h5-7,9-12,15H,3-4,8,13-14H2,1-2H3. The zero-order valence-electron chi connectivity index (χ0n) is 16.7. The highest BCUT2D eigenvalue weighted by Gasteiger charge is 2.24. The molecule has 0 radical (unpaired) electrons. The number of hydrogen-bond donors (Lipinski definition) is 0. The van der Waals surface area contributed by atoms with Crippen molar-refractivity contribution in [1.82, 2.24) is 4.31 Å². The third kappa shape index (κ3) is 5.81. The van der Waals surface area contributed by atoms with Crippen LogP contribution in [0.1, 0.15) is 30.6 Å². The number of carbonyl (C=O) groups is 1. The van der Waals surface area contributed by atoms with Gasteiger partial charge in [0.1, 0.15) is 0 Å². The molecular formula is C20H24ClNO6S2. The van der Waals surface area contributed by atoms with Gasteiger partial charge in [0.25, 0.3) is 0 Å². The second-order valence-corrected chi connectivity index (χ2v) is 10.8. The van der Waals surface area contributed by atoms with Crippen LogP contribution in [0.5, 0.6) is 0 Å². The van der Waals surface area contributed by atoms with E-state index in [-0.39, 0.29) is 52.2 Å². The Balaban J connectivity index is 2.05. The molecule has 0 aliphatic rings. The van der Waals surface area contributed by atoms with Crippen molar-refractivity contribution in [2.75, 3.05) is 25.4 Å². The van der Waals surface area contributed by atoms with Crippen molar-refractivity contribution in [2.45, 2.75) is 30.1 Å². The first kappa shape index (κ1) is 24.3. The van der Waals surface area contributed by atoms with Crippen molar-refractivity contribution in [1.29, 1.82) is 0 Å². The summed E-state index contributed by atoms with van der Waals surface area (Å²) in [6.45, 7) is 3.87. The van der Waals surface area contributed by atoms with Crippen LogP contribution in [-0.4, -0.2) is 52.6 Å². The number of carbonyl (C=O) groups excluding carboxylic acids is 1. The molecule has 2 aromatic rings. The lowest BCUT2D eigenvalue weighted by Gasteiger charge is -2.19. The third-order valence-electron chi connectivity index (χ3n) is 4.39. The minimum absolute atomic E-state index is 0.0513. The maximum absolute atomic E-state index is 12.7. The van der Waals surface area contributed by atoms with Gasteiger partial charge in [-0.25, -0.2) is 21.6 Å². The van der Waals surface area contributed by atoms with Crippen molar-refractivity contribution in [3.8, 4) is 0 Å². The van der Waals surface area contributed by atoms with Gasteiger partial charge in [-0.05, 0) is 36.8 Å². The van der Waals surface area contributed by atoms with E-state index in [4.69, 9.17) is 16.3 Å². The normalized spacial score (nSPS) is 12.1. The number of esters is 1. The first-order chi connectivity index (χ1) is 14.1. The molecule has 2 rings (SSSR count). The molecule has 7 nitrogen and oxygen atoms in total. The van der Waals surface area contributed by atoms with Gasteiger partial charge in [-0.2, -0.15) is 4.31 Å². The van der Waals surface area contributed by atoms with Gasteiger partial charge in [-0.1, -0.05) is 43.6 Å². The molecular weight excluding hydrogens is 450 g/mol. The van der Waals surface area contributed by atoms with E-state index in [1.165, 1.54) is 34.6 Å². The predicted molar refractivity (Wildman–Crippen MR) is 115 cm³/mol. The average molecular weight is 474 g/mol. The van der Waals surface area contributed by atoms with Gasteiger partial charge in [-0.15, -0.1) is 0 Å². The summed E-state index contributed by atoms with van der Waals surface area (Å²) in [6, 6.07) is 11.8. The van der Waals surface area contributed by atoms with Crippen molar-refractivity contribution in [3.05, 3.63) is 59.1 Å². The van der Waals surface area contributed by atoms with Gasteiger partial charge in [0.2, 0.25) is 10.0 Å². The Morgan fingerprint density at radius 1 is 0.967 bits per heavy atom. The van der Waals surface area contributed by atoms with E-state index in [2.05, 4.69) is 0 Å². The lowest BCUT2D eigenvalue weighted by molar-refractivity contribution is 0.0505. The Morgan fingerprint density at radius 3 is 2.20 bits per heavy atom. The highest BCUT2D eigenvalue weighted by atomic mass is 35.5. The molecule has 0 atom stereocenters. The predicted octanol–water partition coefficient (Wildman–Crippen LogP) is 3.39. The molecule has 0 amide bonds. The number of sulfonamides is 1. The Bertz CT molecular complexity index is 1080. The van der Waals surface area contributed by atoms with Crippen LogP contribution in [0.3, 0.4) is 0 Å². The van der Waals surface area contributed by atoms with Gasteiger partial charge in [0, 0.05) is 13.1 Å². The monoisotopic (exact) mass is 473 g/mol. The maximum atomic E-state index is 12.7. The Morgan fingerprint density at radius 2 is 1.60 bits per heavy atom. The molecule has 0 unspecified atom stereocenters. The molecule has 30 heavy (non-hydrogen) atoms. The summed E-state index contributed by atoms with van der Waals surface area (Å²) in [5, 5.41) is 0.0513. The molecule has 0 spiro atoms. The van der Waals surface area contributed by atoms with E-state index in [0.717, 1.165) is 0 Å². The largest absolute Gasteiger partial charge is 0.462 e. The molecule has 0 aliphatic heterocycles. The van der Waals surface area contributed by atoms with Crippen molar-refractivity contribution in [2.24, 2.45) is 0 Å². The quantitative estimate of drug-likeness (QED) is 0.387. The number of sulfone groups is 1. The molecule has 164 valence electrons. The SMILES string of the molecule is CCN(CC)S(=O)(=O)c1ccc(Cl)c(C(=O)OCCCS(=O)(=O)c2ccccc2)c1. The highest BCUT2D eigenvalue weighted by Crippen LogP contribution is 2.24. The lowest BCUT2D eigenvalue weighted by atomic mass is 10.2. The fourth-order valence-corrected chi connectivity index (χ4v) is 5.76. The van der Waals surface area contributed by atoms with E-state index in [0.29, 0.717) is 0 Å². The smallest absolute Gasteiger partial charge is 0.339 e. The number of hydrogen-bond acceptors (Lipinski definition) is 6.